The highest BCUT2D eigenvalue weighted by atomic mass is 79.9. The zero-order valence-corrected chi connectivity index (χ0v) is 9.85. The van der Waals surface area contributed by atoms with E-state index in [1.165, 1.54) is 11.1 Å². The molecule has 0 aliphatic carbocycles. The fourth-order valence-electron chi connectivity index (χ4n) is 1.03. The molecule has 0 nitrogen and oxygen atoms in total. The molecule has 0 fully saturated rings. The van der Waals surface area contributed by atoms with Gasteiger partial charge in [0.15, 0.2) is 0 Å². The lowest BCUT2D eigenvalue weighted by atomic mass is 10.1. The first-order chi connectivity index (χ1) is 6.24. The van der Waals surface area contributed by atoms with Gasteiger partial charge in [0.2, 0.25) is 0 Å². The van der Waals surface area contributed by atoms with Gasteiger partial charge in [-0.2, -0.15) is 0 Å². The highest BCUT2D eigenvalue weighted by Gasteiger charge is 1.96. The molecule has 2 heteroatoms. The van der Waals surface area contributed by atoms with Crippen LogP contribution < -0.4 is 0 Å². The monoisotopic (exact) mass is 258 g/mol. The van der Waals surface area contributed by atoms with Crippen molar-refractivity contribution in [2.24, 2.45) is 0 Å². The fourth-order valence-corrected chi connectivity index (χ4v) is 1.32. The van der Waals surface area contributed by atoms with E-state index in [4.69, 9.17) is 11.6 Å². The fraction of sp³-hybridized carbons (Fsp3) is 0.273. The first-order valence-electron chi connectivity index (χ1n) is 4.18. The first kappa shape index (κ1) is 10.8. The molecule has 1 unspecified atom stereocenters. The second-order valence-electron chi connectivity index (χ2n) is 2.89. The van der Waals surface area contributed by atoms with Crippen molar-refractivity contribution in [1.29, 1.82) is 0 Å². The topological polar surface area (TPSA) is 0 Å². The molecule has 0 aliphatic heterocycles. The third kappa shape index (κ3) is 3.53. The van der Waals surface area contributed by atoms with Crippen LogP contribution in [0.3, 0.4) is 0 Å². The number of benzene rings is 1. The number of hydrogen-bond donors (Lipinski definition) is 0. The predicted molar refractivity (Wildman–Crippen MR) is 63.6 cm³/mol. The van der Waals surface area contributed by atoms with Crippen LogP contribution in [0.1, 0.15) is 11.1 Å². The maximum Gasteiger partial charge on any atom is 0.0616 e. The minimum Gasteiger partial charge on any atom is -0.118 e. The molecule has 1 atom stereocenters. The van der Waals surface area contributed by atoms with Crippen LogP contribution in [0.2, 0.25) is 0 Å². The minimum atomic E-state index is 0.0691. The molecule has 1 rings (SSSR count). The van der Waals surface area contributed by atoms with E-state index in [9.17, 15) is 0 Å². The average molecular weight is 260 g/mol. The van der Waals surface area contributed by atoms with E-state index in [1.807, 2.05) is 18.2 Å². The largest absolute Gasteiger partial charge is 0.118 e. The van der Waals surface area contributed by atoms with Crippen molar-refractivity contribution in [3.8, 4) is 0 Å². The van der Waals surface area contributed by atoms with Gasteiger partial charge in [0.25, 0.3) is 0 Å². The summed E-state index contributed by atoms with van der Waals surface area (Å²) in [5, 5.41) is 0.858. The van der Waals surface area contributed by atoms with Crippen LogP contribution in [-0.4, -0.2) is 10.7 Å². The number of aryl methyl sites for hydroxylation is 1. The summed E-state index contributed by atoms with van der Waals surface area (Å²) in [7, 11) is 0. The molecule has 13 heavy (non-hydrogen) atoms. The van der Waals surface area contributed by atoms with E-state index in [-0.39, 0.29) is 5.38 Å². The summed E-state index contributed by atoms with van der Waals surface area (Å²) >= 11 is 9.26. The Bertz CT molecular complexity index is 294. The number of hydrogen-bond acceptors (Lipinski definition) is 0. The zero-order valence-electron chi connectivity index (χ0n) is 7.50. The van der Waals surface area contributed by atoms with Gasteiger partial charge in [-0.25, -0.2) is 0 Å². The molecule has 0 N–H and O–H groups in total. The van der Waals surface area contributed by atoms with Crippen molar-refractivity contribution >= 4 is 33.6 Å². The Morgan fingerprint density at radius 2 is 2.15 bits per heavy atom. The normalized spacial score (nSPS) is 13.5. The summed E-state index contributed by atoms with van der Waals surface area (Å²) in [6, 6.07) is 8.25. The molecule has 0 saturated heterocycles. The standard InChI is InChI=1S/C11H12BrCl/c1-9-4-2-3-5-10(9)6-7-11(13)8-12/h2-7,11H,8H2,1H3/b7-6+. The maximum atomic E-state index is 5.93. The highest BCUT2D eigenvalue weighted by molar-refractivity contribution is 9.09. The smallest absolute Gasteiger partial charge is 0.0616 e. The van der Waals surface area contributed by atoms with Crippen LogP contribution in [0.15, 0.2) is 30.3 Å². The minimum absolute atomic E-state index is 0.0691. The maximum absolute atomic E-state index is 5.93. The Morgan fingerprint density at radius 1 is 1.46 bits per heavy atom. The Hall–Kier alpha value is -0.270. The van der Waals surface area contributed by atoms with Gasteiger partial charge < -0.3 is 0 Å². The van der Waals surface area contributed by atoms with Gasteiger partial charge in [0, 0.05) is 5.33 Å². The zero-order chi connectivity index (χ0) is 9.68. The second-order valence-corrected chi connectivity index (χ2v) is 4.09. The van der Waals surface area contributed by atoms with Crippen LogP contribution in [-0.2, 0) is 0 Å². The van der Waals surface area contributed by atoms with Crippen molar-refractivity contribution < 1.29 is 0 Å². The summed E-state index contributed by atoms with van der Waals surface area (Å²) < 4.78 is 0. The molecule has 70 valence electrons. The number of allylic oxidation sites excluding steroid dienone is 1. The molecule has 1 aromatic rings. The van der Waals surface area contributed by atoms with E-state index < -0.39 is 0 Å². The van der Waals surface area contributed by atoms with Gasteiger partial charge >= 0.3 is 0 Å². The quantitative estimate of drug-likeness (QED) is 0.720. The lowest BCUT2D eigenvalue weighted by Gasteiger charge is -2.00. The summed E-state index contributed by atoms with van der Waals surface area (Å²) in [6.07, 6.45) is 4.06. The van der Waals surface area contributed by atoms with Crippen molar-refractivity contribution in [1.82, 2.24) is 0 Å². The average Bonchev–Trinajstić information content (AvgIpc) is 2.16. The number of alkyl halides is 2. The van der Waals surface area contributed by atoms with Gasteiger partial charge in [-0.05, 0) is 18.1 Å². The van der Waals surface area contributed by atoms with Crippen molar-refractivity contribution in [3.63, 3.8) is 0 Å². The SMILES string of the molecule is Cc1ccccc1/C=C/C(Cl)CBr. The van der Waals surface area contributed by atoms with Crippen LogP contribution >= 0.6 is 27.5 Å². The van der Waals surface area contributed by atoms with Crippen LogP contribution in [0.4, 0.5) is 0 Å². The van der Waals surface area contributed by atoms with Crippen molar-refractivity contribution in [2.45, 2.75) is 12.3 Å². The van der Waals surface area contributed by atoms with E-state index in [1.54, 1.807) is 0 Å². The van der Waals surface area contributed by atoms with E-state index >= 15 is 0 Å². The Balaban J connectivity index is 2.74. The van der Waals surface area contributed by atoms with Crippen LogP contribution in [0.25, 0.3) is 6.08 Å². The van der Waals surface area contributed by atoms with Crippen LogP contribution in [0.5, 0.6) is 0 Å². The molecule has 1 aromatic carbocycles. The number of rotatable bonds is 3. The first-order valence-corrected chi connectivity index (χ1v) is 5.73. The summed E-state index contributed by atoms with van der Waals surface area (Å²) in [6.45, 7) is 2.09. The Kier molecular flexibility index (Phi) is 4.54. The lowest BCUT2D eigenvalue weighted by Crippen LogP contribution is -1.92. The molecular formula is C11H12BrCl. The lowest BCUT2D eigenvalue weighted by molar-refractivity contribution is 1.27. The molecular weight excluding hydrogens is 247 g/mol. The van der Waals surface area contributed by atoms with Crippen molar-refractivity contribution in [3.05, 3.63) is 41.5 Å². The third-order valence-corrected chi connectivity index (χ3v) is 3.19. The molecule has 0 radical (unpaired) electrons. The molecule has 0 aliphatic rings. The van der Waals surface area contributed by atoms with E-state index in [2.05, 4.69) is 41.1 Å². The Labute approximate surface area is 92.7 Å². The molecule has 0 heterocycles. The summed E-state index contributed by atoms with van der Waals surface area (Å²) in [4.78, 5) is 0. The van der Waals surface area contributed by atoms with Gasteiger partial charge in [-0.15, -0.1) is 11.6 Å². The molecule has 0 saturated carbocycles. The van der Waals surface area contributed by atoms with Gasteiger partial charge in [-0.1, -0.05) is 52.3 Å². The van der Waals surface area contributed by atoms with Crippen molar-refractivity contribution in [2.75, 3.05) is 5.33 Å². The van der Waals surface area contributed by atoms with Gasteiger partial charge in [-0.3, -0.25) is 0 Å². The molecule has 0 amide bonds. The number of halogens is 2. The molecule has 0 spiro atoms. The van der Waals surface area contributed by atoms with Crippen LogP contribution in [0, 0.1) is 6.92 Å². The van der Waals surface area contributed by atoms with E-state index in [0.29, 0.717) is 0 Å². The molecule has 0 aromatic heterocycles. The third-order valence-electron chi connectivity index (χ3n) is 1.82. The molecule has 0 bridgehead atoms. The summed E-state index contributed by atoms with van der Waals surface area (Å²) in [5.41, 5.74) is 2.51. The van der Waals surface area contributed by atoms with E-state index in [0.717, 1.165) is 5.33 Å². The Morgan fingerprint density at radius 3 is 2.77 bits per heavy atom. The highest BCUT2D eigenvalue weighted by Crippen LogP contribution is 2.11. The predicted octanol–water partition coefficient (Wildman–Crippen LogP) is 4.01. The van der Waals surface area contributed by atoms with Gasteiger partial charge in [0.05, 0.1) is 5.38 Å². The second kappa shape index (κ2) is 5.46. The summed E-state index contributed by atoms with van der Waals surface area (Å²) in [5.74, 6) is 0. The van der Waals surface area contributed by atoms with Gasteiger partial charge in [0.1, 0.15) is 0 Å².